The van der Waals surface area contributed by atoms with E-state index in [1.165, 1.54) is 5.56 Å². The number of hydrogen-bond acceptors (Lipinski definition) is 4. The summed E-state index contributed by atoms with van der Waals surface area (Å²) in [5, 5.41) is 3.10. The van der Waals surface area contributed by atoms with Crippen molar-refractivity contribution in [2.24, 2.45) is 0 Å². The molecule has 31 heavy (non-hydrogen) atoms. The first-order valence-corrected chi connectivity index (χ1v) is 12.3. The monoisotopic (exact) mass is 443 g/mol. The van der Waals surface area contributed by atoms with Gasteiger partial charge in [0, 0.05) is 40.7 Å². The van der Waals surface area contributed by atoms with Gasteiger partial charge in [-0.05, 0) is 73.6 Å². The number of hydrogen-bond donors (Lipinski definition) is 1. The molecule has 2 atom stereocenters. The highest BCUT2D eigenvalue weighted by molar-refractivity contribution is 7.84. The molecular weight excluding hydrogens is 410 g/mol. The van der Waals surface area contributed by atoms with Crippen LogP contribution in [0.5, 0.6) is 5.75 Å². The molecule has 5 nitrogen and oxygen atoms in total. The van der Waals surface area contributed by atoms with Gasteiger partial charge in [-0.15, -0.1) is 0 Å². The second-order valence-corrected chi connectivity index (χ2v) is 10.2. The number of carbonyl (C=O) groups excluding carboxylic acids is 1. The zero-order chi connectivity index (χ0) is 22.4. The van der Waals surface area contributed by atoms with Crippen LogP contribution in [0.1, 0.15) is 56.2 Å². The highest BCUT2D eigenvalue weighted by atomic mass is 32.2. The largest absolute Gasteiger partial charge is 0.481 e. The number of rotatable bonds is 8. The van der Waals surface area contributed by atoms with E-state index in [9.17, 15) is 9.00 Å². The van der Waals surface area contributed by atoms with Gasteiger partial charge in [-0.2, -0.15) is 0 Å². The molecule has 2 aromatic carbocycles. The number of benzene rings is 2. The van der Waals surface area contributed by atoms with Crippen LogP contribution in [0.15, 0.2) is 42.5 Å². The maximum absolute atomic E-state index is 12.7. The second-order valence-electron chi connectivity index (χ2n) is 8.46. The molecule has 0 radical (unpaired) electrons. The Morgan fingerprint density at radius 3 is 2.58 bits per heavy atom. The Bertz CT molecular complexity index is 921. The minimum Gasteiger partial charge on any atom is -0.481 e. The fraction of sp³-hybridized carbons (Fsp3) is 0.480. The maximum Gasteiger partial charge on any atom is 0.265 e. The van der Waals surface area contributed by atoms with E-state index >= 15 is 0 Å². The van der Waals surface area contributed by atoms with Crippen LogP contribution in [0, 0.1) is 6.92 Å². The van der Waals surface area contributed by atoms with Gasteiger partial charge >= 0.3 is 0 Å². The Morgan fingerprint density at radius 2 is 1.90 bits per heavy atom. The molecule has 0 aromatic heterocycles. The summed E-state index contributed by atoms with van der Waals surface area (Å²) >= 11 is 0. The Balaban J connectivity index is 1.57. The van der Waals surface area contributed by atoms with Gasteiger partial charge in [-0.1, -0.05) is 32.0 Å². The third kappa shape index (κ3) is 6.65. The number of ether oxygens (including phenoxy) is 2. The number of nitrogens with one attached hydrogen (secondary N) is 1. The maximum atomic E-state index is 12.7. The number of aryl methyl sites for hydroxylation is 1. The lowest BCUT2D eigenvalue weighted by molar-refractivity contribution is -0.122. The van der Waals surface area contributed by atoms with Crippen LogP contribution < -0.4 is 10.1 Å². The molecule has 2 unspecified atom stereocenters. The smallest absolute Gasteiger partial charge is 0.265 e. The van der Waals surface area contributed by atoms with Crippen LogP contribution in [-0.4, -0.2) is 34.7 Å². The fourth-order valence-electron chi connectivity index (χ4n) is 3.83. The van der Waals surface area contributed by atoms with Crippen LogP contribution in [0.4, 0.5) is 5.69 Å². The van der Waals surface area contributed by atoms with E-state index in [2.05, 4.69) is 32.2 Å². The van der Waals surface area contributed by atoms with Crippen LogP contribution in [-0.2, 0) is 26.1 Å². The van der Waals surface area contributed by atoms with Crippen LogP contribution in [0.25, 0.3) is 0 Å². The predicted octanol–water partition coefficient (Wildman–Crippen LogP) is 4.95. The van der Waals surface area contributed by atoms with Gasteiger partial charge in [0.25, 0.3) is 5.91 Å². The van der Waals surface area contributed by atoms with Crippen molar-refractivity contribution in [3.63, 3.8) is 0 Å². The molecule has 0 aliphatic carbocycles. The summed E-state index contributed by atoms with van der Waals surface area (Å²) in [7, 11) is -0.939. The summed E-state index contributed by atoms with van der Waals surface area (Å²) in [6.07, 6.45) is 1.05. The third-order valence-corrected chi connectivity index (χ3v) is 7.42. The minimum absolute atomic E-state index is 0.186. The topological polar surface area (TPSA) is 64.6 Å². The average molecular weight is 444 g/mol. The Labute approximate surface area is 188 Å². The van der Waals surface area contributed by atoms with Gasteiger partial charge < -0.3 is 14.8 Å². The molecule has 0 saturated carbocycles. The molecule has 1 aliphatic rings. The van der Waals surface area contributed by atoms with Crippen molar-refractivity contribution >= 4 is 22.4 Å². The first-order chi connectivity index (χ1) is 14.8. The quantitative estimate of drug-likeness (QED) is 0.627. The SMILES string of the molecule is Cc1cc(OC(C)C(=O)Nc2cccc(CS(=O)C3CCOCC3)c2)ccc1C(C)C. The number of amides is 1. The van der Waals surface area contributed by atoms with E-state index in [1.54, 1.807) is 6.92 Å². The first-order valence-electron chi connectivity index (χ1n) is 11.0. The summed E-state index contributed by atoms with van der Waals surface area (Å²) in [6, 6.07) is 13.5. The van der Waals surface area contributed by atoms with Crippen molar-refractivity contribution in [3.8, 4) is 5.75 Å². The molecule has 1 saturated heterocycles. The van der Waals surface area contributed by atoms with Crippen molar-refractivity contribution in [2.45, 2.75) is 63.6 Å². The Kier molecular flexibility index (Phi) is 8.27. The summed E-state index contributed by atoms with van der Waals surface area (Å²) in [5.74, 6) is 1.41. The molecule has 1 N–H and O–H groups in total. The van der Waals surface area contributed by atoms with E-state index in [-0.39, 0.29) is 11.2 Å². The van der Waals surface area contributed by atoms with Gasteiger partial charge in [0.1, 0.15) is 5.75 Å². The third-order valence-electron chi connectivity index (χ3n) is 5.59. The van der Waals surface area contributed by atoms with E-state index < -0.39 is 16.9 Å². The molecule has 6 heteroatoms. The molecule has 1 amide bonds. The van der Waals surface area contributed by atoms with Gasteiger partial charge in [-0.3, -0.25) is 9.00 Å². The lowest BCUT2D eigenvalue weighted by Gasteiger charge is -2.21. The molecule has 0 spiro atoms. The highest BCUT2D eigenvalue weighted by Gasteiger charge is 2.21. The van der Waals surface area contributed by atoms with Crippen molar-refractivity contribution in [1.82, 2.24) is 0 Å². The zero-order valence-electron chi connectivity index (χ0n) is 18.9. The van der Waals surface area contributed by atoms with Gasteiger partial charge in [0.2, 0.25) is 0 Å². The second kappa shape index (κ2) is 10.9. The molecule has 1 fully saturated rings. The Hall–Kier alpha value is -2.18. The zero-order valence-corrected chi connectivity index (χ0v) is 19.7. The van der Waals surface area contributed by atoms with Gasteiger partial charge in [-0.25, -0.2) is 0 Å². The summed E-state index contributed by atoms with van der Waals surface area (Å²) in [4.78, 5) is 12.6. The highest BCUT2D eigenvalue weighted by Crippen LogP contribution is 2.24. The van der Waals surface area contributed by atoms with Crippen LogP contribution in [0.2, 0.25) is 0 Å². The molecule has 2 aromatic rings. The summed E-state index contributed by atoms with van der Waals surface area (Å²) < 4.78 is 23.9. The van der Waals surface area contributed by atoms with E-state index in [0.29, 0.717) is 36.3 Å². The van der Waals surface area contributed by atoms with Crippen molar-refractivity contribution in [1.29, 1.82) is 0 Å². The van der Waals surface area contributed by atoms with Crippen molar-refractivity contribution in [3.05, 3.63) is 59.2 Å². The molecule has 1 heterocycles. The van der Waals surface area contributed by atoms with Crippen LogP contribution >= 0.6 is 0 Å². The molecule has 1 aliphatic heterocycles. The normalized spacial score (nSPS) is 16.7. The molecular formula is C25H33NO4S. The van der Waals surface area contributed by atoms with Crippen molar-refractivity contribution < 1.29 is 18.5 Å². The molecule has 0 bridgehead atoms. The first kappa shape index (κ1) is 23.5. The Morgan fingerprint density at radius 1 is 1.16 bits per heavy atom. The number of anilines is 1. The molecule has 168 valence electrons. The summed E-state index contributed by atoms with van der Waals surface area (Å²) in [5.41, 5.74) is 4.08. The average Bonchev–Trinajstić information content (AvgIpc) is 2.74. The number of carbonyl (C=O) groups is 1. The minimum atomic E-state index is -0.939. The lowest BCUT2D eigenvalue weighted by Crippen LogP contribution is -2.30. The summed E-state index contributed by atoms with van der Waals surface area (Å²) in [6.45, 7) is 9.49. The predicted molar refractivity (Wildman–Crippen MR) is 126 cm³/mol. The van der Waals surface area contributed by atoms with E-state index in [0.717, 1.165) is 24.0 Å². The van der Waals surface area contributed by atoms with E-state index in [1.807, 2.05) is 36.4 Å². The van der Waals surface area contributed by atoms with E-state index in [4.69, 9.17) is 9.47 Å². The standard InChI is InChI=1S/C25H33NO4S/c1-17(2)24-9-8-22(14-18(24)3)30-19(4)25(27)26-21-7-5-6-20(15-21)16-31(28)23-10-12-29-13-11-23/h5-9,14-15,17,19,23H,10-13,16H2,1-4H3,(H,26,27). The van der Waals surface area contributed by atoms with Crippen LogP contribution in [0.3, 0.4) is 0 Å². The van der Waals surface area contributed by atoms with Crippen molar-refractivity contribution in [2.75, 3.05) is 18.5 Å². The van der Waals surface area contributed by atoms with Gasteiger partial charge in [0.05, 0.1) is 0 Å². The lowest BCUT2D eigenvalue weighted by atomic mass is 9.98. The van der Waals surface area contributed by atoms with Gasteiger partial charge in [0.15, 0.2) is 6.10 Å². The molecule has 3 rings (SSSR count). The fourth-order valence-corrected chi connectivity index (χ4v) is 5.29.